The van der Waals surface area contributed by atoms with Crippen molar-refractivity contribution in [1.29, 1.82) is 0 Å². The highest BCUT2D eigenvalue weighted by atomic mass is 32.2. The number of nitrogens with one attached hydrogen (secondary N) is 3. The van der Waals surface area contributed by atoms with Crippen molar-refractivity contribution in [2.75, 3.05) is 26.7 Å². The molecule has 0 atom stereocenters. The second kappa shape index (κ2) is 10.1. The predicted octanol–water partition coefficient (Wildman–Crippen LogP) is 1.44. The van der Waals surface area contributed by atoms with Gasteiger partial charge in [0.05, 0.1) is 11.4 Å². The zero-order chi connectivity index (χ0) is 21.5. The summed E-state index contributed by atoms with van der Waals surface area (Å²) < 4.78 is 27.3. The van der Waals surface area contributed by atoms with Gasteiger partial charge in [0.15, 0.2) is 5.96 Å². The van der Waals surface area contributed by atoms with Gasteiger partial charge in [-0.3, -0.25) is 9.79 Å². The van der Waals surface area contributed by atoms with Crippen molar-refractivity contribution < 1.29 is 13.2 Å². The maximum Gasteiger partial charge on any atom is 0.243 e. The molecule has 1 saturated heterocycles. The van der Waals surface area contributed by atoms with Gasteiger partial charge in [0.1, 0.15) is 0 Å². The van der Waals surface area contributed by atoms with Crippen molar-refractivity contribution in [2.24, 2.45) is 4.99 Å². The van der Waals surface area contributed by atoms with E-state index in [1.54, 1.807) is 29.6 Å². The minimum Gasteiger partial charge on any atom is -0.352 e. The summed E-state index contributed by atoms with van der Waals surface area (Å²) in [4.78, 5) is 16.3. The number of benzene rings is 1. The van der Waals surface area contributed by atoms with E-state index in [1.165, 1.54) is 0 Å². The van der Waals surface area contributed by atoms with E-state index < -0.39 is 10.0 Å². The van der Waals surface area contributed by atoms with Gasteiger partial charge < -0.3 is 16.0 Å². The summed E-state index contributed by atoms with van der Waals surface area (Å²) in [6.45, 7) is 7.41. The summed E-state index contributed by atoms with van der Waals surface area (Å²) in [5.41, 5.74) is 0.529. The van der Waals surface area contributed by atoms with Crippen molar-refractivity contribution in [1.82, 2.24) is 20.3 Å². The molecule has 1 amide bonds. The first-order chi connectivity index (χ1) is 13.6. The second-order valence-electron chi connectivity index (χ2n) is 8.19. The summed E-state index contributed by atoms with van der Waals surface area (Å²) in [5.74, 6) is 0.341. The number of nitrogens with zero attached hydrogens (tertiary/aromatic N) is 2. The largest absolute Gasteiger partial charge is 0.352 e. The van der Waals surface area contributed by atoms with Gasteiger partial charge in [-0.05, 0) is 51.3 Å². The number of hydrogen-bond donors (Lipinski definition) is 3. The zero-order valence-corrected chi connectivity index (χ0v) is 18.6. The topological polar surface area (TPSA) is 103 Å². The summed E-state index contributed by atoms with van der Waals surface area (Å²) in [7, 11) is -1.84. The first kappa shape index (κ1) is 23.2. The van der Waals surface area contributed by atoms with Gasteiger partial charge in [-0.1, -0.05) is 18.6 Å². The number of rotatable bonds is 6. The van der Waals surface area contributed by atoms with Gasteiger partial charge >= 0.3 is 0 Å². The molecule has 1 aliphatic heterocycles. The molecular formula is C20H33N5O3S. The summed E-state index contributed by atoms with van der Waals surface area (Å²) in [5, 5.41) is 8.94. The quantitative estimate of drug-likeness (QED) is 0.475. The number of piperidine rings is 1. The van der Waals surface area contributed by atoms with E-state index in [2.05, 4.69) is 20.9 Å². The van der Waals surface area contributed by atoms with Gasteiger partial charge in [0, 0.05) is 32.2 Å². The van der Waals surface area contributed by atoms with E-state index in [4.69, 9.17) is 0 Å². The van der Waals surface area contributed by atoms with Gasteiger partial charge in [-0.2, -0.15) is 4.31 Å². The van der Waals surface area contributed by atoms with Crippen LogP contribution in [-0.2, 0) is 21.4 Å². The number of carbonyl (C=O) groups excluding carboxylic acids is 1. The highest BCUT2D eigenvalue weighted by Gasteiger charge is 2.25. The molecule has 1 fully saturated rings. The number of amides is 1. The number of aliphatic imine (C=N–C) groups is 1. The van der Waals surface area contributed by atoms with Crippen LogP contribution in [0, 0.1) is 0 Å². The van der Waals surface area contributed by atoms with Crippen molar-refractivity contribution in [3.8, 4) is 0 Å². The van der Waals surface area contributed by atoms with Crippen LogP contribution in [0.3, 0.4) is 0 Å². The molecule has 0 saturated carbocycles. The summed E-state index contributed by atoms with van der Waals surface area (Å²) in [6.07, 6.45) is 2.90. The molecule has 0 radical (unpaired) electrons. The van der Waals surface area contributed by atoms with Crippen LogP contribution < -0.4 is 16.0 Å². The van der Waals surface area contributed by atoms with Crippen LogP contribution in [0.1, 0.15) is 45.6 Å². The monoisotopic (exact) mass is 423 g/mol. The van der Waals surface area contributed by atoms with E-state index in [0.29, 0.717) is 30.5 Å². The fourth-order valence-electron chi connectivity index (χ4n) is 3.10. The van der Waals surface area contributed by atoms with E-state index in [1.807, 2.05) is 26.8 Å². The normalized spacial score (nSPS) is 16.3. The number of hydrogen-bond acceptors (Lipinski definition) is 4. The molecule has 0 unspecified atom stereocenters. The maximum atomic E-state index is 12.9. The number of guanidine groups is 1. The van der Waals surface area contributed by atoms with Gasteiger partial charge in [-0.15, -0.1) is 0 Å². The lowest BCUT2D eigenvalue weighted by Gasteiger charge is -2.26. The van der Waals surface area contributed by atoms with Crippen molar-refractivity contribution >= 4 is 21.9 Å². The molecule has 0 aliphatic carbocycles. The van der Waals surface area contributed by atoms with Crippen LogP contribution in [0.5, 0.6) is 0 Å². The maximum absolute atomic E-state index is 12.9. The Morgan fingerprint density at radius 1 is 1.14 bits per heavy atom. The summed E-state index contributed by atoms with van der Waals surface area (Å²) in [6, 6.07) is 6.94. The Hall–Kier alpha value is -2.13. The predicted molar refractivity (Wildman–Crippen MR) is 115 cm³/mol. The number of carbonyl (C=O) groups is 1. The first-order valence-electron chi connectivity index (χ1n) is 9.96. The lowest BCUT2D eigenvalue weighted by Crippen LogP contribution is -2.48. The lowest BCUT2D eigenvalue weighted by atomic mass is 10.1. The molecule has 1 aliphatic rings. The average molecular weight is 424 g/mol. The smallest absolute Gasteiger partial charge is 0.243 e. The van der Waals surface area contributed by atoms with Crippen LogP contribution in [0.25, 0.3) is 0 Å². The van der Waals surface area contributed by atoms with Gasteiger partial charge in [0.25, 0.3) is 0 Å². The Bertz CT molecular complexity index is 825. The van der Waals surface area contributed by atoms with Gasteiger partial charge in [0.2, 0.25) is 15.9 Å². The third-order valence-electron chi connectivity index (χ3n) is 4.47. The van der Waals surface area contributed by atoms with Crippen molar-refractivity contribution in [3.63, 3.8) is 0 Å². The molecule has 29 heavy (non-hydrogen) atoms. The molecular weight excluding hydrogens is 390 g/mol. The molecule has 1 aromatic carbocycles. The Morgan fingerprint density at radius 2 is 1.83 bits per heavy atom. The van der Waals surface area contributed by atoms with Gasteiger partial charge in [-0.25, -0.2) is 8.42 Å². The summed E-state index contributed by atoms with van der Waals surface area (Å²) >= 11 is 0. The van der Waals surface area contributed by atoms with E-state index in [9.17, 15) is 13.2 Å². The standard InChI is InChI=1S/C20H33N5O3S/c1-20(2,3)24-18(26)15-23-19(21-4)22-14-16-9-8-10-17(13-16)29(27,28)25-11-6-5-7-12-25/h8-10,13H,5-7,11-12,14-15H2,1-4H3,(H,24,26)(H2,21,22,23). The molecule has 1 heterocycles. The molecule has 8 nitrogen and oxygen atoms in total. The molecule has 0 bridgehead atoms. The average Bonchev–Trinajstić information content (AvgIpc) is 2.67. The molecule has 0 spiro atoms. The van der Waals surface area contributed by atoms with Crippen molar-refractivity contribution in [3.05, 3.63) is 29.8 Å². The van der Waals surface area contributed by atoms with E-state index >= 15 is 0 Å². The highest BCUT2D eigenvalue weighted by molar-refractivity contribution is 7.89. The van der Waals surface area contributed by atoms with Crippen LogP contribution >= 0.6 is 0 Å². The van der Waals surface area contributed by atoms with Crippen molar-refractivity contribution in [2.45, 2.75) is 57.0 Å². The van der Waals surface area contributed by atoms with E-state index in [0.717, 1.165) is 24.8 Å². The van der Waals surface area contributed by atoms with Crippen LogP contribution in [0.4, 0.5) is 0 Å². The minimum absolute atomic E-state index is 0.0975. The number of sulfonamides is 1. The van der Waals surface area contributed by atoms with Crippen LogP contribution in [-0.4, -0.2) is 56.8 Å². The SMILES string of the molecule is CN=C(NCC(=O)NC(C)(C)C)NCc1cccc(S(=O)(=O)N2CCCCC2)c1. The third kappa shape index (κ3) is 7.32. The molecule has 2 rings (SSSR count). The van der Waals surface area contributed by atoms with E-state index in [-0.39, 0.29) is 18.0 Å². The molecule has 0 aromatic heterocycles. The third-order valence-corrected chi connectivity index (χ3v) is 6.36. The Morgan fingerprint density at radius 3 is 2.45 bits per heavy atom. The van der Waals surface area contributed by atoms with Crippen LogP contribution in [0.2, 0.25) is 0 Å². The lowest BCUT2D eigenvalue weighted by molar-refractivity contribution is -0.121. The second-order valence-corrected chi connectivity index (χ2v) is 10.1. The zero-order valence-electron chi connectivity index (χ0n) is 17.8. The minimum atomic E-state index is -3.46. The van der Waals surface area contributed by atoms with Crippen LogP contribution in [0.15, 0.2) is 34.2 Å². The molecule has 162 valence electrons. The fraction of sp³-hybridized carbons (Fsp3) is 0.600. The molecule has 3 N–H and O–H groups in total. The Kier molecular flexibility index (Phi) is 8.04. The Labute approximate surface area is 174 Å². The molecule has 9 heteroatoms. The Balaban J connectivity index is 1.94. The highest BCUT2D eigenvalue weighted by Crippen LogP contribution is 2.21. The molecule has 1 aromatic rings. The first-order valence-corrected chi connectivity index (χ1v) is 11.4. The fourth-order valence-corrected chi connectivity index (χ4v) is 4.69.